The van der Waals surface area contributed by atoms with Crippen LogP contribution in [0.15, 0.2) is 48.5 Å². The molecule has 1 saturated heterocycles. The van der Waals surface area contributed by atoms with Gasteiger partial charge in [-0.1, -0.05) is 36.4 Å². The number of fused-ring (bicyclic) bond motifs is 1. The van der Waals surface area contributed by atoms with Crippen LogP contribution in [0.2, 0.25) is 0 Å². The first-order valence-electron chi connectivity index (χ1n) is 12.9. The molecule has 0 aliphatic carbocycles. The SMILES string of the molecule is CCO[C@H]1CO[C@@H](C(=O)N2CCc3ccccc3[C@@H]2c2ccc(F)cc2)C[C@@H]1N(C)C(=O)OC(C)(C)C. The summed E-state index contributed by atoms with van der Waals surface area (Å²) in [6.07, 6.45) is -0.587. The van der Waals surface area contributed by atoms with Gasteiger partial charge in [-0.25, -0.2) is 9.18 Å². The van der Waals surface area contributed by atoms with Crippen molar-refractivity contribution in [2.45, 2.75) is 70.4 Å². The lowest BCUT2D eigenvalue weighted by Gasteiger charge is -2.44. The van der Waals surface area contributed by atoms with E-state index < -0.39 is 17.8 Å². The van der Waals surface area contributed by atoms with Crippen LogP contribution < -0.4 is 0 Å². The monoisotopic (exact) mass is 512 g/mol. The second-order valence-corrected chi connectivity index (χ2v) is 10.6. The number of hydrogen-bond donors (Lipinski definition) is 0. The minimum absolute atomic E-state index is 0.152. The molecule has 1 fully saturated rings. The van der Waals surface area contributed by atoms with Crippen LogP contribution in [0.1, 0.15) is 56.8 Å². The Bertz CT molecular complexity index is 1100. The van der Waals surface area contributed by atoms with Crippen LogP contribution >= 0.6 is 0 Å². The lowest BCUT2D eigenvalue weighted by Crippen LogP contribution is -2.57. The van der Waals surface area contributed by atoms with E-state index in [1.54, 1.807) is 19.2 Å². The number of carbonyl (C=O) groups is 2. The molecule has 4 atom stereocenters. The maximum atomic E-state index is 14.0. The van der Waals surface area contributed by atoms with Crippen molar-refractivity contribution in [1.82, 2.24) is 9.80 Å². The third-order valence-corrected chi connectivity index (χ3v) is 6.93. The zero-order chi connectivity index (χ0) is 26.7. The van der Waals surface area contributed by atoms with Crippen molar-refractivity contribution in [3.8, 4) is 0 Å². The highest BCUT2D eigenvalue weighted by molar-refractivity contribution is 5.82. The number of halogens is 1. The molecular weight excluding hydrogens is 475 g/mol. The molecule has 0 unspecified atom stereocenters. The Morgan fingerprint density at radius 2 is 1.84 bits per heavy atom. The zero-order valence-electron chi connectivity index (χ0n) is 22.3. The smallest absolute Gasteiger partial charge is 0.410 e. The fourth-order valence-corrected chi connectivity index (χ4v) is 5.18. The van der Waals surface area contributed by atoms with Crippen LogP contribution in [0.4, 0.5) is 9.18 Å². The van der Waals surface area contributed by atoms with Crippen molar-refractivity contribution in [2.75, 3.05) is 26.8 Å². The van der Waals surface area contributed by atoms with E-state index in [9.17, 15) is 14.0 Å². The summed E-state index contributed by atoms with van der Waals surface area (Å²) in [5.74, 6) is -0.474. The number of nitrogens with zero attached hydrogens (tertiary/aromatic N) is 2. The van der Waals surface area contributed by atoms with E-state index in [1.165, 1.54) is 22.6 Å². The van der Waals surface area contributed by atoms with E-state index >= 15 is 0 Å². The molecule has 37 heavy (non-hydrogen) atoms. The van der Waals surface area contributed by atoms with Gasteiger partial charge in [0, 0.05) is 26.6 Å². The Labute approximate surface area is 218 Å². The van der Waals surface area contributed by atoms with Gasteiger partial charge >= 0.3 is 6.09 Å². The molecule has 7 nitrogen and oxygen atoms in total. The molecule has 2 heterocycles. The second-order valence-electron chi connectivity index (χ2n) is 10.6. The van der Waals surface area contributed by atoms with Crippen molar-refractivity contribution < 1.29 is 28.2 Å². The third-order valence-electron chi connectivity index (χ3n) is 6.93. The minimum Gasteiger partial charge on any atom is -0.444 e. The summed E-state index contributed by atoms with van der Waals surface area (Å²) < 4.78 is 31.2. The van der Waals surface area contributed by atoms with Crippen LogP contribution in [-0.2, 0) is 25.4 Å². The molecule has 0 spiro atoms. The van der Waals surface area contributed by atoms with E-state index in [1.807, 2.05) is 50.8 Å². The summed E-state index contributed by atoms with van der Waals surface area (Å²) in [4.78, 5) is 30.2. The number of ether oxygens (including phenoxy) is 3. The van der Waals surface area contributed by atoms with Gasteiger partial charge in [0.1, 0.15) is 23.6 Å². The number of rotatable bonds is 5. The highest BCUT2D eigenvalue weighted by Gasteiger charge is 2.43. The molecule has 200 valence electrons. The Kier molecular flexibility index (Phi) is 8.19. The predicted molar refractivity (Wildman–Crippen MR) is 138 cm³/mol. The molecule has 0 bridgehead atoms. The number of amides is 2. The fraction of sp³-hybridized carbons (Fsp3) is 0.517. The van der Waals surface area contributed by atoms with E-state index in [0.717, 1.165) is 17.5 Å². The Hall–Kier alpha value is -2.97. The van der Waals surface area contributed by atoms with Gasteiger partial charge in [-0.05, 0) is 62.9 Å². The van der Waals surface area contributed by atoms with Crippen molar-refractivity contribution in [3.05, 3.63) is 71.0 Å². The normalized spacial score (nSPS) is 23.8. The molecule has 2 aliphatic heterocycles. The lowest BCUT2D eigenvalue weighted by molar-refractivity contribution is -0.163. The second kappa shape index (κ2) is 11.2. The van der Waals surface area contributed by atoms with Crippen LogP contribution in [0.25, 0.3) is 0 Å². The molecule has 4 rings (SSSR count). The van der Waals surface area contributed by atoms with E-state index in [4.69, 9.17) is 14.2 Å². The van der Waals surface area contributed by atoms with E-state index in [2.05, 4.69) is 6.07 Å². The standard InChI is InChI=1S/C29H37FN2O5/c1-6-35-25-18-36-24(17-23(25)31(5)28(34)37-29(2,3)4)27(33)32-16-15-19-9-7-8-10-22(19)26(32)20-11-13-21(30)14-12-20/h7-14,23-26H,6,15-18H2,1-5H3/t23-,24+,25-,26-/m0/s1. The third kappa shape index (κ3) is 6.13. The molecule has 0 radical (unpaired) electrons. The maximum absolute atomic E-state index is 14.0. The highest BCUT2D eigenvalue weighted by Crippen LogP contribution is 2.37. The van der Waals surface area contributed by atoms with Gasteiger partial charge in [-0.3, -0.25) is 4.79 Å². The summed E-state index contributed by atoms with van der Waals surface area (Å²) in [6, 6.07) is 13.6. The van der Waals surface area contributed by atoms with E-state index in [-0.39, 0.29) is 42.9 Å². The number of benzene rings is 2. The Morgan fingerprint density at radius 3 is 2.51 bits per heavy atom. The van der Waals surface area contributed by atoms with Gasteiger partial charge in [0.15, 0.2) is 0 Å². The molecule has 2 aliphatic rings. The number of hydrogen-bond acceptors (Lipinski definition) is 5. The first kappa shape index (κ1) is 27.1. The number of likely N-dealkylation sites (N-methyl/N-ethyl adjacent to an activating group) is 1. The van der Waals surface area contributed by atoms with Crippen LogP contribution in [0, 0.1) is 5.82 Å². The predicted octanol–water partition coefficient (Wildman–Crippen LogP) is 4.73. The van der Waals surface area contributed by atoms with Gasteiger partial charge in [0.25, 0.3) is 5.91 Å². The molecule has 2 aromatic carbocycles. The Balaban J connectivity index is 1.60. The summed E-state index contributed by atoms with van der Waals surface area (Å²) in [5.41, 5.74) is 2.40. The average molecular weight is 513 g/mol. The van der Waals surface area contributed by atoms with Gasteiger partial charge < -0.3 is 24.0 Å². The number of carbonyl (C=O) groups excluding carboxylic acids is 2. The first-order valence-corrected chi connectivity index (χ1v) is 12.9. The molecule has 0 saturated carbocycles. The van der Waals surface area contributed by atoms with Gasteiger partial charge in [-0.2, -0.15) is 0 Å². The van der Waals surface area contributed by atoms with Crippen molar-refractivity contribution >= 4 is 12.0 Å². The fourth-order valence-electron chi connectivity index (χ4n) is 5.18. The average Bonchev–Trinajstić information content (AvgIpc) is 2.87. The maximum Gasteiger partial charge on any atom is 0.410 e. The molecule has 0 N–H and O–H groups in total. The van der Waals surface area contributed by atoms with Crippen molar-refractivity contribution in [3.63, 3.8) is 0 Å². The quantitative estimate of drug-likeness (QED) is 0.580. The summed E-state index contributed by atoms with van der Waals surface area (Å²) in [5, 5.41) is 0. The summed E-state index contributed by atoms with van der Waals surface area (Å²) in [7, 11) is 1.68. The van der Waals surface area contributed by atoms with Gasteiger partial charge in [0.05, 0.1) is 18.7 Å². The van der Waals surface area contributed by atoms with Crippen LogP contribution in [-0.4, -0.2) is 72.5 Å². The first-order chi connectivity index (χ1) is 17.6. The topological polar surface area (TPSA) is 68.3 Å². The van der Waals surface area contributed by atoms with Crippen molar-refractivity contribution in [1.29, 1.82) is 0 Å². The molecule has 2 aromatic rings. The highest BCUT2D eigenvalue weighted by atomic mass is 19.1. The largest absolute Gasteiger partial charge is 0.444 e. The zero-order valence-corrected chi connectivity index (χ0v) is 22.3. The van der Waals surface area contributed by atoms with Crippen LogP contribution in [0.5, 0.6) is 0 Å². The summed E-state index contributed by atoms with van der Waals surface area (Å²) in [6.45, 7) is 8.50. The summed E-state index contributed by atoms with van der Waals surface area (Å²) >= 11 is 0. The molecule has 2 amide bonds. The van der Waals surface area contributed by atoms with Crippen LogP contribution in [0.3, 0.4) is 0 Å². The van der Waals surface area contributed by atoms with E-state index in [0.29, 0.717) is 13.2 Å². The molecular formula is C29H37FN2O5. The van der Waals surface area contributed by atoms with Gasteiger partial charge in [0.2, 0.25) is 0 Å². The van der Waals surface area contributed by atoms with Gasteiger partial charge in [-0.15, -0.1) is 0 Å². The Morgan fingerprint density at radius 1 is 1.14 bits per heavy atom. The molecule has 0 aromatic heterocycles. The molecule has 8 heteroatoms. The van der Waals surface area contributed by atoms with Crippen molar-refractivity contribution in [2.24, 2.45) is 0 Å². The minimum atomic E-state index is -0.750. The lowest BCUT2D eigenvalue weighted by atomic mass is 9.87.